The average Bonchev–Trinajstić information content (AvgIpc) is 2.00. The Hall–Kier alpha value is -0.610. The molecule has 0 aromatic carbocycles. The lowest BCUT2D eigenvalue weighted by Crippen LogP contribution is -2.31. The highest BCUT2D eigenvalue weighted by molar-refractivity contribution is 5.76. The minimum Gasteiger partial charge on any atom is -0.391 e. The minimum absolute atomic E-state index is 0.108. The normalized spacial score (nSPS) is 12.6. The standard InChI is InChI=1S/C7H16N2O2/c1-2-3-9-7(11)4-6(10)5-8/h6,10H,2-5,8H2,1H3,(H,9,11). The van der Waals surface area contributed by atoms with Crippen LogP contribution < -0.4 is 11.1 Å². The predicted molar refractivity (Wildman–Crippen MR) is 43.0 cm³/mol. The fraction of sp³-hybridized carbons (Fsp3) is 0.857. The van der Waals surface area contributed by atoms with Gasteiger partial charge in [0.1, 0.15) is 0 Å². The lowest BCUT2D eigenvalue weighted by Gasteiger charge is -2.06. The van der Waals surface area contributed by atoms with Crippen LogP contribution in [-0.2, 0) is 4.79 Å². The van der Waals surface area contributed by atoms with E-state index in [0.29, 0.717) is 6.54 Å². The molecule has 0 heterocycles. The van der Waals surface area contributed by atoms with E-state index in [1.807, 2.05) is 6.92 Å². The molecule has 0 spiro atoms. The molecule has 11 heavy (non-hydrogen) atoms. The van der Waals surface area contributed by atoms with E-state index in [4.69, 9.17) is 10.8 Å². The van der Waals surface area contributed by atoms with E-state index in [9.17, 15) is 4.79 Å². The monoisotopic (exact) mass is 160 g/mol. The summed E-state index contributed by atoms with van der Waals surface area (Å²) in [6.45, 7) is 2.77. The van der Waals surface area contributed by atoms with Gasteiger partial charge in [-0.05, 0) is 6.42 Å². The molecule has 0 aliphatic carbocycles. The second kappa shape index (κ2) is 6.12. The summed E-state index contributed by atoms with van der Waals surface area (Å²) < 4.78 is 0. The first kappa shape index (κ1) is 10.4. The topological polar surface area (TPSA) is 75.3 Å². The first-order valence-corrected chi connectivity index (χ1v) is 3.85. The maximum absolute atomic E-state index is 10.8. The SMILES string of the molecule is CCCNC(=O)CC(O)CN. The smallest absolute Gasteiger partial charge is 0.222 e. The number of amides is 1. The summed E-state index contributed by atoms with van der Waals surface area (Å²) >= 11 is 0. The van der Waals surface area contributed by atoms with Gasteiger partial charge in [0.05, 0.1) is 12.5 Å². The van der Waals surface area contributed by atoms with E-state index in [-0.39, 0.29) is 18.9 Å². The third-order valence-corrected chi connectivity index (χ3v) is 1.27. The van der Waals surface area contributed by atoms with Crippen molar-refractivity contribution in [3.8, 4) is 0 Å². The Bertz CT molecular complexity index is 117. The quantitative estimate of drug-likeness (QED) is 0.494. The summed E-state index contributed by atoms with van der Waals surface area (Å²) in [6, 6.07) is 0. The van der Waals surface area contributed by atoms with Gasteiger partial charge < -0.3 is 16.2 Å². The summed E-state index contributed by atoms with van der Waals surface area (Å²) in [5, 5.41) is 11.6. The van der Waals surface area contributed by atoms with Crippen LogP contribution in [0.3, 0.4) is 0 Å². The Morgan fingerprint density at radius 2 is 2.36 bits per heavy atom. The molecule has 0 bridgehead atoms. The van der Waals surface area contributed by atoms with Crippen molar-refractivity contribution in [1.29, 1.82) is 0 Å². The van der Waals surface area contributed by atoms with Crippen LogP contribution in [0.2, 0.25) is 0 Å². The van der Waals surface area contributed by atoms with Crippen molar-refractivity contribution >= 4 is 5.91 Å². The highest BCUT2D eigenvalue weighted by atomic mass is 16.3. The van der Waals surface area contributed by atoms with Crippen LogP contribution in [0.5, 0.6) is 0 Å². The third-order valence-electron chi connectivity index (χ3n) is 1.27. The summed E-state index contributed by atoms with van der Waals surface area (Å²) in [5.41, 5.74) is 5.12. The molecule has 0 fully saturated rings. The fourth-order valence-corrected chi connectivity index (χ4v) is 0.634. The van der Waals surface area contributed by atoms with Gasteiger partial charge >= 0.3 is 0 Å². The van der Waals surface area contributed by atoms with Crippen LogP contribution in [0.15, 0.2) is 0 Å². The van der Waals surface area contributed by atoms with E-state index in [0.717, 1.165) is 6.42 Å². The molecule has 4 nitrogen and oxygen atoms in total. The molecular formula is C7H16N2O2. The molecule has 0 saturated carbocycles. The molecule has 0 saturated heterocycles. The zero-order valence-corrected chi connectivity index (χ0v) is 6.84. The van der Waals surface area contributed by atoms with Gasteiger partial charge in [0, 0.05) is 13.1 Å². The second-order valence-electron chi connectivity index (χ2n) is 2.44. The van der Waals surface area contributed by atoms with Crippen molar-refractivity contribution in [2.75, 3.05) is 13.1 Å². The Labute approximate surface area is 66.8 Å². The highest BCUT2D eigenvalue weighted by Crippen LogP contribution is 1.87. The fourth-order valence-electron chi connectivity index (χ4n) is 0.634. The second-order valence-corrected chi connectivity index (χ2v) is 2.44. The average molecular weight is 160 g/mol. The number of hydrogen-bond acceptors (Lipinski definition) is 3. The van der Waals surface area contributed by atoms with Crippen molar-refractivity contribution in [2.45, 2.75) is 25.9 Å². The Morgan fingerprint density at radius 3 is 2.82 bits per heavy atom. The molecule has 4 N–H and O–H groups in total. The van der Waals surface area contributed by atoms with Gasteiger partial charge in [-0.3, -0.25) is 4.79 Å². The lowest BCUT2D eigenvalue weighted by atomic mass is 10.2. The molecule has 0 radical (unpaired) electrons. The van der Waals surface area contributed by atoms with E-state index in [2.05, 4.69) is 5.32 Å². The van der Waals surface area contributed by atoms with Crippen LogP contribution in [0.4, 0.5) is 0 Å². The number of rotatable bonds is 5. The molecule has 0 aliphatic heterocycles. The summed E-state index contributed by atoms with van der Waals surface area (Å²) in [6.07, 6.45) is 0.313. The van der Waals surface area contributed by atoms with E-state index >= 15 is 0 Å². The van der Waals surface area contributed by atoms with Crippen LogP contribution in [-0.4, -0.2) is 30.2 Å². The highest BCUT2D eigenvalue weighted by Gasteiger charge is 2.06. The van der Waals surface area contributed by atoms with E-state index in [1.54, 1.807) is 0 Å². The number of carbonyl (C=O) groups excluding carboxylic acids is 1. The molecule has 1 unspecified atom stereocenters. The van der Waals surface area contributed by atoms with Gasteiger partial charge in [-0.1, -0.05) is 6.92 Å². The molecule has 66 valence electrons. The molecule has 1 atom stereocenters. The Morgan fingerprint density at radius 1 is 1.73 bits per heavy atom. The summed E-state index contributed by atoms with van der Waals surface area (Å²) in [4.78, 5) is 10.8. The van der Waals surface area contributed by atoms with Crippen LogP contribution in [0.1, 0.15) is 19.8 Å². The van der Waals surface area contributed by atoms with Gasteiger partial charge in [0.2, 0.25) is 5.91 Å². The molecule has 4 heteroatoms. The van der Waals surface area contributed by atoms with Crippen molar-refractivity contribution in [3.63, 3.8) is 0 Å². The summed E-state index contributed by atoms with van der Waals surface area (Å²) in [7, 11) is 0. The number of nitrogens with one attached hydrogen (secondary N) is 1. The molecule has 0 aliphatic rings. The number of aliphatic hydroxyl groups excluding tert-OH is 1. The summed E-state index contributed by atoms with van der Waals surface area (Å²) in [5.74, 6) is -0.134. The molecule has 0 aromatic rings. The number of nitrogens with two attached hydrogens (primary N) is 1. The van der Waals surface area contributed by atoms with Crippen LogP contribution in [0.25, 0.3) is 0 Å². The van der Waals surface area contributed by atoms with Crippen LogP contribution >= 0.6 is 0 Å². The zero-order chi connectivity index (χ0) is 8.69. The van der Waals surface area contributed by atoms with Crippen molar-refractivity contribution in [3.05, 3.63) is 0 Å². The van der Waals surface area contributed by atoms with Crippen LogP contribution in [0, 0.1) is 0 Å². The van der Waals surface area contributed by atoms with Crippen molar-refractivity contribution in [2.24, 2.45) is 5.73 Å². The largest absolute Gasteiger partial charge is 0.391 e. The maximum Gasteiger partial charge on any atom is 0.222 e. The van der Waals surface area contributed by atoms with Crippen molar-refractivity contribution < 1.29 is 9.90 Å². The first-order chi connectivity index (χ1) is 5.20. The lowest BCUT2D eigenvalue weighted by molar-refractivity contribution is -0.122. The van der Waals surface area contributed by atoms with E-state index in [1.165, 1.54) is 0 Å². The van der Waals surface area contributed by atoms with E-state index < -0.39 is 6.10 Å². The third kappa shape index (κ3) is 5.82. The minimum atomic E-state index is -0.702. The van der Waals surface area contributed by atoms with Crippen molar-refractivity contribution in [1.82, 2.24) is 5.32 Å². The van der Waals surface area contributed by atoms with Gasteiger partial charge in [-0.2, -0.15) is 0 Å². The molecule has 1 amide bonds. The predicted octanol–water partition coefficient (Wildman–Crippen LogP) is -0.778. The Balaban J connectivity index is 3.36. The zero-order valence-electron chi connectivity index (χ0n) is 6.84. The van der Waals surface area contributed by atoms with Gasteiger partial charge in [-0.25, -0.2) is 0 Å². The number of hydrogen-bond donors (Lipinski definition) is 3. The molecule has 0 aromatic heterocycles. The number of aliphatic hydroxyl groups is 1. The number of carbonyl (C=O) groups is 1. The Kier molecular flexibility index (Phi) is 5.78. The molecule has 0 rings (SSSR count). The van der Waals surface area contributed by atoms with Gasteiger partial charge in [-0.15, -0.1) is 0 Å². The first-order valence-electron chi connectivity index (χ1n) is 3.85. The molecular weight excluding hydrogens is 144 g/mol. The maximum atomic E-state index is 10.8. The van der Waals surface area contributed by atoms with Gasteiger partial charge in [0.15, 0.2) is 0 Å². The van der Waals surface area contributed by atoms with Gasteiger partial charge in [0.25, 0.3) is 0 Å².